The molecule has 0 N–H and O–H groups in total. The molecule has 0 atom stereocenters. The number of hydrogen-bond acceptors (Lipinski definition) is 6. The molecule has 166 valence electrons. The number of ether oxygens (including phenoxy) is 4. The molecular formula is C25H25NO6. The van der Waals surface area contributed by atoms with Gasteiger partial charge in [-0.2, -0.15) is 0 Å². The van der Waals surface area contributed by atoms with E-state index in [1.807, 2.05) is 54.6 Å². The number of nitrogens with zero attached hydrogens (tertiary/aromatic N) is 1. The van der Waals surface area contributed by atoms with Gasteiger partial charge in [-0.05, 0) is 53.5 Å². The molecule has 0 heterocycles. The Hall–Kier alpha value is -4.00. The van der Waals surface area contributed by atoms with Crippen molar-refractivity contribution in [3.05, 3.63) is 87.5 Å². The van der Waals surface area contributed by atoms with Gasteiger partial charge in [0.05, 0.1) is 32.9 Å². The van der Waals surface area contributed by atoms with E-state index in [0.717, 1.165) is 16.7 Å². The fourth-order valence-corrected chi connectivity index (χ4v) is 3.41. The van der Waals surface area contributed by atoms with E-state index in [2.05, 4.69) is 0 Å². The smallest absolute Gasteiger partial charge is 0.311 e. The average molecular weight is 435 g/mol. The Balaban J connectivity index is 2.23. The van der Waals surface area contributed by atoms with Gasteiger partial charge in [0.25, 0.3) is 0 Å². The van der Waals surface area contributed by atoms with Crippen molar-refractivity contribution in [2.45, 2.75) is 6.92 Å². The lowest BCUT2D eigenvalue weighted by molar-refractivity contribution is -0.385. The van der Waals surface area contributed by atoms with Gasteiger partial charge in [-0.1, -0.05) is 36.4 Å². The SMILES string of the molecule is CCOc1ccc(C(=Cc2cc(OC)c(OC)c(OC)c2)c2ccccc2)cc1[N+](=O)[O-]. The minimum Gasteiger partial charge on any atom is -0.493 e. The van der Waals surface area contributed by atoms with Crippen molar-refractivity contribution < 1.29 is 23.9 Å². The summed E-state index contributed by atoms with van der Waals surface area (Å²) in [5.41, 5.74) is 3.08. The van der Waals surface area contributed by atoms with Gasteiger partial charge in [-0.25, -0.2) is 0 Å². The van der Waals surface area contributed by atoms with Crippen LogP contribution in [0.5, 0.6) is 23.0 Å². The van der Waals surface area contributed by atoms with Gasteiger partial charge in [0, 0.05) is 6.07 Å². The molecule has 3 rings (SSSR count). The molecule has 7 heteroatoms. The van der Waals surface area contributed by atoms with Gasteiger partial charge in [-0.15, -0.1) is 0 Å². The molecule has 0 saturated heterocycles. The molecule has 0 saturated carbocycles. The van der Waals surface area contributed by atoms with Crippen molar-refractivity contribution in [2.75, 3.05) is 27.9 Å². The Kier molecular flexibility index (Phi) is 7.33. The van der Waals surface area contributed by atoms with E-state index in [1.165, 1.54) is 6.07 Å². The number of hydrogen-bond donors (Lipinski definition) is 0. The summed E-state index contributed by atoms with van der Waals surface area (Å²) in [6, 6.07) is 18.3. The predicted octanol–water partition coefficient (Wildman–Crippen LogP) is 5.61. The molecule has 0 spiro atoms. The first-order valence-corrected chi connectivity index (χ1v) is 10.0. The second-order valence-corrected chi connectivity index (χ2v) is 6.76. The van der Waals surface area contributed by atoms with Crippen molar-refractivity contribution in [3.8, 4) is 23.0 Å². The highest BCUT2D eigenvalue weighted by Crippen LogP contribution is 2.40. The summed E-state index contributed by atoms with van der Waals surface area (Å²) in [6.07, 6.45) is 1.93. The van der Waals surface area contributed by atoms with Gasteiger partial charge >= 0.3 is 5.69 Å². The van der Waals surface area contributed by atoms with E-state index in [0.29, 0.717) is 29.4 Å². The summed E-state index contributed by atoms with van der Waals surface area (Å²) in [6.45, 7) is 2.13. The molecule has 3 aromatic rings. The van der Waals surface area contributed by atoms with Crippen LogP contribution in [-0.4, -0.2) is 32.9 Å². The third kappa shape index (κ3) is 4.83. The van der Waals surface area contributed by atoms with Crippen molar-refractivity contribution in [1.82, 2.24) is 0 Å². The summed E-state index contributed by atoms with van der Waals surface area (Å²) in [4.78, 5) is 11.2. The third-order valence-corrected chi connectivity index (χ3v) is 4.85. The molecule has 0 amide bonds. The topological polar surface area (TPSA) is 80.1 Å². The lowest BCUT2D eigenvalue weighted by Gasteiger charge is -2.14. The molecule has 0 aliphatic carbocycles. The number of benzene rings is 3. The maximum atomic E-state index is 11.7. The molecule has 0 aromatic heterocycles. The first-order chi connectivity index (χ1) is 15.5. The quantitative estimate of drug-likeness (QED) is 0.247. The van der Waals surface area contributed by atoms with E-state index in [1.54, 1.807) is 34.3 Å². The predicted molar refractivity (Wildman–Crippen MR) is 124 cm³/mol. The molecular weight excluding hydrogens is 410 g/mol. The van der Waals surface area contributed by atoms with Crippen LogP contribution in [0.2, 0.25) is 0 Å². The maximum absolute atomic E-state index is 11.7. The standard InChI is InChI=1S/C25H25NO6/c1-5-32-22-12-11-19(16-21(22)26(27)28)20(18-9-7-6-8-10-18)13-17-14-23(29-2)25(31-4)24(15-17)30-3/h6-16H,5H2,1-4H3. The van der Waals surface area contributed by atoms with E-state index < -0.39 is 4.92 Å². The van der Waals surface area contributed by atoms with E-state index >= 15 is 0 Å². The van der Waals surface area contributed by atoms with Gasteiger partial charge < -0.3 is 18.9 Å². The maximum Gasteiger partial charge on any atom is 0.311 e. The Morgan fingerprint density at radius 3 is 2.06 bits per heavy atom. The van der Waals surface area contributed by atoms with Crippen LogP contribution in [-0.2, 0) is 0 Å². The molecule has 0 bridgehead atoms. The summed E-state index contributed by atoms with van der Waals surface area (Å²) >= 11 is 0. The summed E-state index contributed by atoms with van der Waals surface area (Å²) in [5, 5.41) is 11.7. The van der Waals surface area contributed by atoms with Crippen molar-refractivity contribution in [3.63, 3.8) is 0 Å². The third-order valence-electron chi connectivity index (χ3n) is 4.85. The number of rotatable bonds is 9. The monoisotopic (exact) mass is 435 g/mol. The summed E-state index contributed by atoms with van der Waals surface area (Å²) in [5.74, 6) is 1.76. The Morgan fingerprint density at radius 2 is 1.53 bits per heavy atom. The Labute approximate surface area is 187 Å². The van der Waals surface area contributed by atoms with Crippen LogP contribution in [0, 0.1) is 10.1 Å². The Bertz CT molecular complexity index is 1100. The number of nitro groups is 1. The van der Waals surface area contributed by atoms with E-state index in [-0.39, 0.29) is 11.4 Å². The summed E-state index contributed by atoms with van der Waals surface area (Å²) < 4.78 is 21.8. The molecule has 0 unspecified atom stereocenters. The average Bonchev–Trinajstić information content (AvgIpc) is 2.82. The highest BCUT2D eigenvalue weighted by molar-refractivity contribution is 5.92. The molecule has 0 aliphatic rings. The van der Waals surface area contributed by atoms with Crippen molar-refractivity contribution in [2.24, 2.45) is 0 Å². The Morgan fingerprint density at radius 1 is 0.875 bits per heavy atom. The number of nitro benzene ring substituents is 1. The van der Waals surface area contributed by atoms with E-state index in [9.17, 15) is 10.1 Å². The molecule has 3 aromatic carbocycles. The first kappa shape index (κ1) is 22.7. The molecule has 0 fully saturated rings. The lowest BCUT2D eigenvalue weighted by Crippen LogP contribution is -1.99. The fraction of sp³-hybridized carbons (Fsp3) is 0.200. The largest absolute Gasteiger partial charge is 0.493 e. The lowest BCUT2D eigenvalue weighted by atomic mass is 9.95. The molecule has 0 radical (unpaired) electrons. The van der Waals surface area contributed by atoms with Gasteiger partial charge in [0.1, 0.15) is 0 Å². The van der Waals surface area contributed by atoms with Crippen LogP contribution in [0.1, 0.15) is 23.6 Å². The zero-order chi connectivity index (χ0) is 23.1. The minimum absolute atomic E-state index is 0.0870. The van der Waals surface area contributed by atoms with Crippen LogP contribution in [0.4, 0.5) is 5.69 Å². The second kappa shape index (κ2) is 10.3. The van der Waals surface area contributed by atoms with Crippen LogP contribution in [0.25, 0.3) is 11.6 Å². The van der Waals surface area contributed by atoms with Crippen molar-refractivity contribution in [1.29, 1.82) is 0 Å². The van der Waals surface area contributed by atoms with Gasteiger partial charge in [-0.3, -0.25) is 10.1 Å². The van der Waals surface area contributed by atoms with Gasteiger partial charge in [0.2, 0.25) is 5.75 Å². The van der Waals surface area contributed by atoms with Crippen molar-refractivity contribution >= 4 is 17.3 Å². The number of methoxy groups -OCH3 is 3. The summed E-state index contributed by atoms with van der Waals surface area (Å²) in [7, 11) is 4.65. The molecule has 0 aliphatic heterocycles. The van der Waals surface area contributed by atoms with Crippen LogP contribution >= 0.6 is 0 Å². The van der Waals surface area contributed by atoms with Crippen LogP contribution in [0.3, 0.4) is 0 Å². The zero-order valence-electron chi connectivity index (χ0n) is 18.5. The zero-order valence-corrected chi connectivity index (χ0v) is 18.5. The molecule has 32 heavy (non-hydrogen) atoms. The first-order valence-electron chi connectivity index (χ1n) is 10.0. The highest BCUT2D eigenvalue weighted by Gasteiger charge is 2.19. The van der Waals surface area contributed by atoms with E-state index in [4.69, 9.17) is 18.9 Å². The normalized spacial score (nSPS) is 11.1. The van der Waals surface area contributed by atoms with Gasteiger partial charge in [0.15, 0.2) is 17.2 Å². The van der Waals surface area contributed by atoms with Crippen LogP contribution in [0.15, 0.2) is 60.7 Å². The minimum atomic E-state index is -0.434. The highest BCUT2D eigenvalue weighted by atomic mass is 16.6. The van der Waals surface area contributed by atoms with Crippen LogP contribution < -0.4 is 18.9 Å². The molecule has 7 nitrogen and oxygen atoms in total. The second-order valence-electron chi connectivity index (χ2n) is 6.76. The fourth-order valence-electron chi connectivity index (χ4n) is 3.41.